The van der Waals surface area contributed by atoms with Gasteiger partial charge < -0.3 is 5.32 Å². The monoisotopic (exact) mass is 260 g/mol. The lowest BCUT2D eigenvalue weighted by atomic mass is 10.0. The second-order valence-corrected chi connectivity index (χ2v) is 4.84. The summed E-state index contributed by atoms with van der Waals surface area (Å²) in [6.45, 7) is 3.91. The Hall–Kier alpha value is -2.17. The summed E-state index contributed by atoms with van der Waals surface area (Å²) in [6, 6.07) is 6.75. The van der Waals surface area contributed by atoms with Crippen molar-refractivity contribution in [1.29, 1.82) is 0 Å². The van der Waals surface area contributed by atoms with Gasteiger partial charge in [0.25, 0.3) is 0 Å². The largest absolute Gasteiger partial charge is 0.329 e. The van der Waals surface area contributed by atoms with Gasteiger partial charge >= 0.3 is 6.03 Å². The maximum Gasteiger partial charge on any atom is 0.325 e. The van der Waals surface area contributed by atoms with Gasteiger partial charge in [0.05, 0.1) is 13.1 Å². The molecule has 3 amide bonds. The average molecular weight is 260 g/mol. The molecule has 0 radical (unpaired) electrons. The Balaban J connectivity index is 2.07. The third kappa shape index (κ3) is 2.81. The number of ketones is 1. The molecule has 0 bridgehead atoms. The van der Waals surface area contributed by atoms with E-state index in [-0.39, 0.29) is 24.8 Å². The molecular formula is C14H16N2O3. The van der Waals surface area contributed by atoms with Crippen molar-refractivity contribution in [2.75, 3.05) is 13.1 Å². The van der Waals surface area contributed by atoms with Gasteiger partial charge in [-0.3, -0.25) is 14.5 Å². The zero-order valence-electron chi connectivity index (χ0n) is 11.0. The Labute approximate surface area is 111 Å². The molecule has 0 atom stereocenters. The smallest absolute Gasteiger partial charge is 0.325 e. The molecule has 100 valence electrons. The van der Waals surface area contributed by atoms with Crippen LogP contribution in [0.4, 0.5) is 4.79 Å². The number of imide groups is 1. The molecule has 5 nitrogen and oxygen atoms in total. The van der Waals surface area contributed by atoms with E-state index in [1.54, 1.807) is 12.1 Å². The average Bonchev–Trinajstić information content (AvgIpc) is 2.70. The number of hydrogen-bond donors (Lipinski definition) is 1. The summed E-state index contributed by atoms with van der Waals surface area (Å²) in [5.41, 5.74) is 1.66. The number of rotatable bonds is 4. The fourth-order valence-electron chi connectivity index (χ4n) is 1.90. The maximum absolute atomic E-state index is 12.0. The van der Waals surface area contributed by atoms with Crippen LogP contribution in [0.3, 0.4) is 0 Å². The summed E-state index contributed by atoms with van der Waals surface area (Å²) >= 11 is 0. The molecule has 0 aromatic heterocycles. The lowest BCUT2D eigenvalue weighted by molar-refractivity contribution is -0.124. The highest BCUT2D eigenvalue weighted by atomic mass is 16.2. The van der Waals surface area contributed by atoms with Gasteiger partial charge in [-0.05, 0) is 11.5 Å². The van der Waals surface area contributed by atoms with Crippen LogP contribution < -0.4 is 5.32 Å². The molecule has 0 spiro atoms. The number of nitrogens with one attached hydrogen (secondary N) is 1. The first-order valence-electron chi connectivity index (χ1n) is 6.20. The minimum atomic E-state index is -0.503. The summed E-state index contributed by atoms with van der Waals surface area (Å²) < 4.78 is 0. The first-order chi connectivity index (χ1) is 8.99. The molecule has 1 aliphatic heterocycles. The predicted molar refractivity (Wildman–Crippen MR) is 70.0 cm³/mol. The molecule has 1 aromatic carbocycles. The van der Waals surface area contributed by atoms with E-state index in [1.807, 2.05) is 12.1 Å². The molecule has 0 aliphatic carbocycles. The van der Waals surface area contributed by atoms with Gasteiger partial charge in [0, 0.05) is 5.56 Å². The molecule has 1 saturated heterocycles. The number of urea groups is 1. The molecule has 1 heterocycles. The molecule has 1 aromatic rings. The Morgan fingerprint density at radius 2 is 1.89 bits per heavy atom. The van der Waals surface area contributed by atoms with Gasteiger partial charge in [-0.2, -0.15) is 0 Å². The Kier molecular flexibility index (Phi) is 3.64. The van der Waals surface area contributed by atoms with Gasteiger partial charge in [0.1, 0.15) is 0 Å². The normalized spacial score (nSPS) is 15.0. The molecule has 0 unspecified atom stereocenters. The number of hydrogen-bond acceptors (Lipinski definition) is 3. The minimum absolute atomic E-state index is 0.0294. The lowest BCUT2D eigenvalue weighted by Crippen LogP contribution is -2.35. The van der Waals surface area contributed by atoms with Crippen molar-refractivity contribution in [3.05, 3.63) is 35.4 Å². The molecule has 19 heavy (non-hydrogen) atoms. The second kappa shape index (κ2) is 5.22. The number of nitrogens with zero attached hydrogens (tertiary/aromatic N) is 1. The molecule has 1 aliphatic rings. The Morgan fingerprint density at radius 1 is 1.26 bits per heavy atom. The maximum atomic E-state index is 12.0. The summed E-state index contributed by atoms with van der Waals surface area (Å²) in [5.74, 6) is -0.201. The zero-order chi connectivity index (χ0) is 14.0. The van der Waals surface area contributed by atoms with Crippen LogP contribution >= 0.6 is 0 Å². The van der Waals surface area contributed by atoms with Crippen LogP contribution in [-0.4, -0.2) is 35.7 Å². The van der Waals surface area contributed by atoms with Crippen LogP contribution in [0.1, 0.15) is 35.7 Å². The zero-order valence-corrected chi connectivity index (χ0v) is 11.0. The van der Waals surface area contributed by atoms with Crippen LogP contribution in [0.5, 0.6) is 0 Å². The van der Waals surface area contributed by atoms with Gasteiger partial charge in [-0.25, -0.2) is 4.79 Å². The SMILES string of the molecule is CC(C)c1ccc(C(=O)CN2C(=O)CNC2=O)cc1. The summed E-state index contributed by atoms with van der Waals surface area (Å²) in [4.78, 5) is 35.7. The quantitative estimate of drug-likeness (QED) is 0.659. The van der Waals surface area contributed by atoms with E-state index in [0.29, 0.717) is 11.5 Å². The Morgan fingerprint density at radius 3 is 2.37 bits per heavy atom. The van der Waals surface area contributed by atoms with Crippen LogP contribution in [-0.2, 0) is 4.79 Å². The van der Waals surface area contributed by atoms with Gasteiger partial charge in [0.2, 0.25) is 5.91 Å². The lowest BCUT2D eigenvalue weighted by Gasteiger charge is -2.11. The van der Waals surface area contributed by atoms with Gasteiger partial charge in [-0.15, -0.1) is 0 Å². The second-order valence-electron chi connectivity index (χ2n) is 4.84. The first kappa shape index (κ1) is 13.3. The molecule has 2 rings (SSSR count). The highest BCUT2D eigenvalue weighted by molar-refractivity contribution is 6.07. The van der Waals surface area contributed by atoms with Crippen molar-refractivity contribution in [2.24, 2.45) is 0 Å². The topological polar surface area (TPSA) is 66.5 Å². The van der Waals surface area contributed by atoms with Crippen molar-refractivity contribution in [1.82, 2.24) is 10.2 Å². The van der Waals surface area contributed by atoms with Crippen molar-refractivity contribution in [3.63, 3.8) is 0 Å². The fraction of sp³-hybridized carbons (Fsp3) is 0.357. The minimum Gasteiger partial charge on any atom is -0.329 e. The van der Waals surface area contributed by atoms with Crippen LogP contribution in [0, 0.1) is 0 Å². The van der Waals surface area contributed by atoms with Gasteiger partial charge in [0.15, 0.2) is 5.78 Å². The van der Waals surface area contributed by atoms with Crippen LogP contribution in [0.2, 0.25) is 0 Å². The van der Waals surface area contributed by atoms with Crippen LogP contribution in [0.25, 0.3) is 0 Å². The predicted octanol–water partition coefficient (Wildman–Crippen LogP) is 1.54. The van der Waals surface area contributed by atoms with E-state index in [0.717, 1.165) is 10.5 Å². The molecular weight excluding hydrogens is 244 g/mol. The fourth-order valence-corrected chi connectivity index (χ4v) is 1.90. The molecule has 1 N–H and O–H groups in total. The van der Waals surface area contributed by atoms with Crippen molar-refractivity contribution < 1.29 is 14.4 Å². The van der Waals surface area contributed by atoms with Crippen LogP contribution in [0.15, 0.2) is 24.3 Å². The summed E-state index contributed by atoms with van der Waals surface area (Å²) in [6.07, 6.45) is 0. The van der Waals surface area contributed by atoms with Crippen molar-refractivity contribution in [2.45, 2.75) is 19.8 Å². The molecule has 0 saturated carbocycles. The van der Waals surface area contributed by atoms with Gasteiger partial charge in [-0.1, -0.05) is 38.1 Å². The third-order valence-corrected chi connectivity index (χ3v) is 3.14. The van der Waals surface area contributed by atoms with E-state index in [1.165, 1.54) is 0 Å². The standard InChI is InChI=1S/C14H16N2O3/c1-9(2)10-3-5-11(6-4-10)12(17)8-16-13(18)7-15-14(16)19/h3-6,9H,7-8H2,1-2H3,(H,15,19). The van der Waals surface area contributed by atoms with E-state index < -0.39 is 6.03 Å². The van der Waals surface area contributed by atoms with E-state index in [2.05, 4.69) is 19.2 Å². The van der Waals surface area contributed by atoms with E-state index in [9.17, 15) is 14.4 Å². The summed E-state index contributed by atoms with van der Waals surface area (Å²) in [5, 5.41) is 2.39. The first-order valence-corrected chi connectivity index (χ1v) is 6.20. The molecule has 5 heteroatoms. The molecule has 1 fully saturated rings. The highest BCUT2D eigenvalue weighted by Crippen LogP contribution is 2.15. The van der Waals surface area contributed by atoms with E-state index in [4.69, 9.17) is 0 Å². The van der Waals surface area contributed by atoms with Crippen molar-refractivity contribution >= 4 is 17.7 Å². The Bertz CT molecular complexity index is 504. The summed E-state index contributed by atoms with van der Waals surface area (Å²) in [7, 11) is 0. The third-order valence-electron chi connectivity index (χ3n) is 3.14. The highest BCUT2D eigenvalue weighted by Gasteiger charge is 2.30. The number of Topliss-reactive ketones (excluding diaryl/α,β-unsaturated/α-hetero) is 1. The van der Waals surface area contributed by atoms with E-state index >= 15 is 0 Å². The number of carbonyl (C=O) groups is 3. The van der Waals surface area contributed by atoms with Crippen molar-refractivity contribution in [3.8, 4) is 0 Å². The number of carbonyl (C=O) groups excluding carboxylic acids is 3. The number of benzene rings is 1. The number of amides is 3.